The first-order chi connectivity index (χ1) is 8.40. The Kier molecular flexibility index (Phi) is 4.72. The molecule has 1 aromatic rings. The predicted molar refractivity (Wildman–Crippen MR) is 59.9 cm³/mol. The van der Waals surface area contributed by atoms with Crippen LogP contribution >= 0.6 is 0 Å². The third-order valence-corrected chi connectivity index (χ3v) is 2.59. The van der Waals surface area contributed by atoms with Crippen molar-refractivity contribution in [1.29, 1.82) is 0 Å². The van der Waals surface area contributed by atoms with Crippen molar-refractivity contribution in [2.75, 3.05) is 14.2 Å². The smallest absolute Gasteiger partial charge is 0.416 e. The van der Waals surface area contributed by atoms with Crippen molar-refractivity contribution in [3.8, 4) is 0 Å². The topological polar surface area (TPSA) is 38.3 Å². The number of carbonyl (C=O) groups excluding carboxylic acids is 1. The highest BCUT2D eigenvalue weighted by molar-refractivity contribution is 5.70. The zero-order chi connectivity index (χ0) is 13.8. The Hall–Kier alpha value is -1.56. The summed E-state index contributed by atoms with van der Waals surface area (Å²) in [7, 11) is 2.70. The maximum absolute atomic E-state index is 12.8. The lowest BCUT2D eigenvalue weighted by Crippen LogP contribution is -2.23. The highest BCUT2D eigenvalue weighted by Crippen LogP contribution is 2.35. The van der Waals surface area contributed by atoms with Gasteiger partial charge in [0.15, 0.2) is 0 Å². The molecule has 100 valence electrons. The molecule has 0 spiro atoms. The lowest BCUT2D eigenvalue weighted by Gasteiger charge is -2.20. The molecule has 3 nitrogen and oxygen atoms in total. The van der Waals surface area contributed by atoms with Gasteiger partial charge in [-0.05, 0) is 18.7 Å². The van der Waals surface area contributed by atoms with Crippen LogP contribution in [0.15, 0.2) is 24.3 Å². The van der Waals surface area contributed by atoms with Crippen molar-refractivity contribution in [3.05, 3.63) is 35.4 Å². The normalized spacial score (nSPS) is 13.2. The number of rotatable bonds is 4. The highest BCUT2D eigenvalue weighted by atomic mass is 19.4. The summed E-state index contributed by atoms with van der Waals surface area (Å²) in [4.78, 5) is 11.2. The van der Waals surface area contributed by atoms with Crippen molar-refractivity contribution in [3.63, 3.8) is 0 Å². The predicted octanol–water partition coefficient (Wildman–Crippen LogP) is 2.53. The highest BCUT2D eigenvalue weighted by Gasteiger charge is 2.35. The van der Waals surface area contributed by atoms with Crippen LogP contribution in [0.2, 0.25) is 0 Å². The minimum absolute atomic E-state index is 0.0397. The van der Waals surface area contributed by atoms with Gasteiger partial charge in [-0.25, -0.2) is 0 Å². The van der Waals surface area contributed by atoms with Gasteiger partial charge in [-0.15, -0.1) is 0 Å². The quantitative estimate of drug-likeness (QED) is 0.846. The summed E-state index contributed by atoms with van der Waals surface area (Å²) in [5.74, 6) is -0.564. The molecule has 0 aliphatic rings. The van der Waals surface area contributed by atoms with Gasteiger partial charge in [0.1, 0.15) is 0 Å². The Labute approximate surface area is 103 Å². The van der Waals surface area contributed by atoms with E-state index in [0.717, 1.165) is 6.07 Å². The summed E-state index contributed by atoms with van der Waals surface area (Å²) in [5.41, 5.74) is -0.703. The number of alkyl halides is 3. The van der Waals surface area contributed by atoms with E-state index < -0.39 is 23.8 Å². The van der Waals surface area contributed by atoms with E-state index in [4.69, 9.17) is 0 Å². The zero-order valence-corrected chi connectivity index (χ0v) is 10.0. The van der Waals surface area contributed by atoms with Crippen LogP contribution in [0.4, 0.5) is 13.2 Å². The molecular weight excluding hydrogens is 247 g/mol. The molecule has 0 saturated heterocycles. The zero-order valence-electron chi connectivity index (χ0n) is 10.0. The molecule has 0 aliphatic carbocycles. The molecule has 0 radical (unpaired) electrons. The molecule has 0 bridgehead atoms. The van der Waals surface area contributed by atoms with Crippen LogP contribution in [-0.4, -0.2) is 20.1 Å². The number of methoxy groups -OCH3 is 1. The molecule has 0 aliphatic heterocycles. The van der Waals surface area contributed by atoms with Gasteiger partial charge in [-0.2, -0.15) is 13.2 Å². The van der Waals surface area contributed by atoms with Crippen molar-refractivity contribution in [2.24, 2.45) is 0 Å². The number of hydrogen-bond donors (Lipinski definition) is 1. The van der Waals surface area contributed by atoms with Crippen LogP contribution in [0, 0.1) is 0 Å². The molecule has 1 N–H and O–H groups in total. The SMILES string of the molecule is CNC(CC(=O)OC)c1ccccc1C(F)(F)F. The van der Waals surface area contributed by atoms with Crippen molar-refractivity contribution in [1.82, 2.24) is 5.32 Å². The Morgan fingerprint density at radius 3 is 2.50 bits per heavy atom. The van der Waals surface area contributed by atoms with Gasteiger partial charge in [0, 0.05) is 6.04 Å². The van der Waals surface area contributed by atoms with Gasteiger partial charge in [0.2, 0.25) is 0 Å². The summed E-state index contributed by atoms with van der Waals surface area (Å²) in [6.45, 7) is 0. The first-order valence-corrected chi connectivity index (χ1v) is 5.30. The minimum Gasteiger partial charge on any atom is -0.469 e. The third-order valence-electron chi connectivity index (χ3n) is 2.59. The fraction of sp³-hybridized carbons (Fsp3) is 0.417. The van der Waals surface area contributed by atoms with Crippen LogP contribution in [0.3, 0.4) is 0 Å². The number of halogens is 3. The van der Waals surface area contributed by atoms with Gasteiger partial charge in [-0.1, -0.05) is 18.2 Å². The van der Waals surface area contributed by atoms with E-state index >= 15 is 0 Å². The Morgan fingerprint density at radius 2 is 2.00 bits per heavy atom. The maximum atomic E-state index is 12.8. The van der Waals surface area contributed by atoms with E-state index in [1.807, 2.05) is 0 Å². The summed E-state index contributed by atoms with van der Waals surface area (Å²) >= 11 is 0. The van der Waals surface area contributed by atoms with Crippen molar-refractivity contribution >= 4 is 5.97 Å². The largest absolute Gasteiger partial charge is 0.469 e. The molecule has 0 fully saturated rings. The number of benzene rings is 1. The molecular formula is C12H14F3NO2. The second kappa shape index (κ2) is 5.86. The van der Waals surface area contributed by atoms with Gasteiger partial charge in [0.25, 0.3) is 0 Å². The molecule has 0 amide bonds. The van der Waals surface area contributed by atoms with Crippen molar-refractivity contribution < 1.29 is 22.7 Å². The number of carbonyl (C=O) groups is 1. The average molecular weight is 261 g/mol. The molecule has 1 atom stereocenters. The van der Waals surface area contributed by atoms with Gasteiger partial charge >= 0.3 is 12.1 Å². The van der Waals surface area contributed by atoms with E-state index in [9.17, 15) is 18.0 Å². The molecule has 18 heavy (non-hydrogen) atoms. The second-order valence-electron chi connectivity index (χ2n) is 3.71. The fourth-order valence-corrected chi connectivity index (χ4v) is 1.68. The summed E-state index contributed by atoms with van der Waals surface area (Å²) in [5, 5.41) is 2.70. The number of hydrogen-bond acceptors (Lipinski definition) is 3. The number of nitrogens with one attached hydrogen (secondary N) is 1. The van der Waals surface area contributed by atoms with E-state index in [1.54, 1.807) is 0 Å². The van der Waals surface area contributed by atoms with E-state index in [1.165, 1.54) is 32.4 Å². The minimum atomic E-state index is -4.44. The van der Waals surface area contributed by atoms with Crippen LogP contribution in [-0.2, 0) is 15.7 Å². The molecule has 0 heterocycles. The van der Waals surface area contributed by atoms with Crippen LogP contribution in [0.1, 0.15) is 23.6 Å². The molecule has 1 aromatic carbocycles. The van der Waals surface area contributed by atoms with Crippen LogP contribution in [0.25, 0.3) is 0 Å². The first kappa shape index (κ1) is 14.5. The van der Waals surface area contributed by atoms with Crippen LogP contribution < -0.4 is 5.32 Å². The lowest BCUT2D eigenvalue weighted by molar-refractivity contribution is -0.143. The van der Waals surface area contributed by atoms with E-state index in [2.05, 4.69) is 10.1 Å². The summed E-state index contributed by atoms with van der Waals surface area (Å²) in [6.07, 6.45) is -4.60. The van der Waals surface area contributed by atoms with Crippen LogP contribution in [0.5, 0.6) is 0 Å². The first-order valence-electron chi connectivity index (χ1n) is 5.30. The summed E-state index contributed by atoms with van der Waals surface area (Å²) < 4.78 is 42.9. The Bertz CT molecular complexity index is 418. The fourth-order valence-electron chi connectivity index (χ4n) is 1.68. The maximum Gasteiger partial charge on any atom is 0.416 e. The molecule has 1 unspecified atom stereocenters. The monoisotopic (exact) mass is 261 g/mol. The average Bonchev–Trinajstić information content (AvgIpc) is 2.34. The second-order valence-corrected chi connectivity index (χ2v) is 3.71. The molecule has 6 heteroatoms. The van der Waals surface area contributed by atoms with E-state index in [-0.39, 0.29) is 12.0 Å². The van der Waals surface area contributed by atoms with Gasteiger partial charge in [0.05, 0.1) is 19.1 Å². The number of ether oxygens (including phenoxy) is 1. The van der Waals surface area contributed by atoms with Gasteiger partial charge < -0.3 is 10.1 Å². The number of esters is 1. The van der Waals surface area contributed by atoms with Gasteiger partial charge in [-0.3, -0.25) is 4.79 Å². The standard InChI is InChI=1S/C12H14F3NO2/c1-16-10(7-11(17)18-2)8-5-3-4-6-9(8)12(13,14)15/h3-6,10,16H,7H2,1-2H3. The molecule has 1 rings (SSSR count). The third kappa shape index (κ3) is 3.46. The summed E-state index contributed by atoms with van der Waals surface area (Å²) in [6, 6.07) is 4.45. The molecule has 0 aromatic heterocycles. The Morgan fingerprint density at radius 1 is 1.39 bits per heavy atom. The lowest BCUT2D eigenvalue weighted by atomic mass is 9.97. The molecule has 0 saturated carbocycles. The van der Waals surface area contributed by atoms with E-state index in [0.29, 0.717) is 0 Å². The van der Waals surface area contributed by atoms with Crippen molar-refractivity contribution in [2.45, 2.75) is 18.6 Å². The Balaban J connectivity index is 3.10.